The fourth-order valence-corrected chi connectivity index (χ4v) is 2.28. The molecule has 0 unspecified atom stereocenters. The maximum Gasteiger partial charge on any atom is 0.317 e. The number of piperazine rings is 1. The molecule has 1 aliphatic heterocycles. The van der Waals surface area contributed by atoms with Crippen LogP contribution < -0.4 is 5.32 Å². The van der Waals surface area contributed by atoms with Gasteiger partial charge in [0.1, 0.15) is 0 Å². The van der Waals surface area contributed by atoms with Crippen LogP contribution in [0.2, 0.25) is 0 Å². The molecule has 0 aliphatic carbocycles. The summed E-state index contributed by atoms with van der Waals surface area (Å²) in [4.78, 5) is 16.3. The normalized spacial score (nSPS) is 16.1. The lowest BCUT2D eigenvalue weighted by molar-refractivity contribution is 0.106. The van der Waals surface area contributed by atoms with Gasteiger partial charge in [-0.15, -0.1) is 0 Å². The average molecular weight is 277 g/mol. The molecule has 0 radical (unpaired) electrons. The van der Waals surface area contributed by atoms with Gasteiger partial charge in [-0.05, 0) is 5.56 Å². The van der Waals surface area contributed by atoms with E-state index in [0.29, 0.717) is 6.54 Å². The molecule has 110 valence electrons. The van der Waals surface area contributed by atoms with E-state index in [4.69, 9.17) is 4.74 Å². The van der Waals surface area contributed by atoms with Crippen LogP contribution in [0.15, 0.2) is 30.3 Å². The second-order valence-corrected chi connectivity index (χ2v) is 4.97. The first kappa shape index (κ1) is 14.8. The predicted octanol–water partition coefficient (Wildman–Crippen LogP) is 1.16. The summed E-state index contributed by atoms with van der Waals surface area (Å²) in [6.07, 6.45) is 0. The monoisotopic (exact) mass is 277 g/mol. The molecular weight excluding hydrogens is 254 g/mol. The van der Waals surface area contributed by atoms with E-state index >= 15 is 0 Å². The third-order valence-corrected chi connectivity index (χ3v) is 3.56. The molecule has 0 bridgehead atoms. The molecule has 1 N–H and O–H groups in total. The van der Waals surface area contributed by atoms with Gasteiger partial charge in [0.25, 0.3) is 0 Å². The predicted molar refractivity (Wildman–Crippen MR) is 78.6 cm³/mol. The number of hydrogen-bond donors (Lipinski definition) is 1. The van der Waals surface area contributed by atoms with E-state index in [1.165, 1.54) is 0 Å². The molecule has 1 aromatic carbocycles. The summed E-state index contributed by atoms with van der Waals surface area (Å²) in [6.45, 7) is 5.68. The van der Waals surface area contributed by atoms with Gasteiger partial charge < -0.3 is 15.0 Å². The largest absolute Gasteiger partial charge is 0.383 e. The van der Waals surface area contributed by atoms with E-state index in [1.807, 2.05) is 35.2 Å². The Morgan fingerprint density at radius 2 is 1.90 bits per heavy atom. The zero-order chi connectivity index (χ0) is 14.2. The molecular formula is C15H23N3O2. The van der Waals surface area contributed by atoms with E-state index in [0.717, 1.165) is 44.9 Å². The Morgan fingerprint density at radius 1 is 1.20 bits per heavy atom. The van der Waals surface area contributed by atoms with Crippen LogP contribution >= 0.6 is 0 Å². The van der Waals surface area contributed by atoms with Gasteiger partial charge in [-0.2, -0.15) is 0 Å². The van der Waals surface area contributed by atoms with Crippen molar-refractivity contribution < 1.29 is 9.53 Å². The van der Waals surface area contributed by atoms with Crippen molar-refractivity contribution in [2.75, 3.05) is 46.4 Å². The molecule has 1 fully saturated rings. The van der Waals surface area contributed by atoms with Crippen molar-refractivity contribution in [2.45, 2.75) is 6.54 Å². The second kappa shape index (κ2) is 7.87. The van der Waals surface area contributed by atoms with Gasteiger partial charge in [0.05, 0.1) is 6.61 Å². The third kappa shape index (κ3) is 4.51. The van der Waals surface area contributed by atoms with Crippen molar-refractivity contribution in [2.24, 2.45) is 0 Å². The van der Waals surface area contributed by atoms with Gasteiger partial charge in [-0.1, -0.05) is 30.3 Å². The zero-order valence-corrected chi connectivity index (χ0v) is 12.0. The number of carbonyl (C=O) groups is 1. The molecule has 1 saturated heterocycles. The topological polar surface area (TPSA) is 44.8 Å². The van der Waals surface area contributed by atoms with E-state index in [9.17, 15) is 4.79 Å². The summed E-state index contributed by atoms with van der Waals surface area (Å²) in [6, 6.07) is 10.0. The molecule has 0 atom stereocenters. The summed E-state index contributed by atoms with van der Waals surface area (Å²) in [5.41, 5.74) is 1.12. The number of amides is 2. The Morgan fingerprint density at radius 3 is 2.55 bits per heavy atom. The Labute approximate surface area is 120 Å². The summed E-state index contributed by atoms with van der Waals surface area (Å²) in [5.74, 6) is 0. The minimum Gasteiger partial charge on any atom is -0.383 e. The highest BCUT2D eigenvalue weighted by Gasteiger charge is 2.20. The summed E-state index contributed by atoms with van der Waals surface area (Å²) in [7, 11) is 1.72. The molecule has 0 saturated carbocycles. The Hall–Kier alpha value is -1.59. The molecule has 1 aromatic rings. The van der Waals surface area contributed by atoms with Gasteiger partial charge in [-0.3, -0.25) is 4.90 Å². The van der Waals surface area contributed by atoms with Crippen LogP contribution in [-0.4, -0.2) is 62.3 Å². The number of ether oxygens (including phenoxy) is 1. The van der Waals surface area contributed by atoms with Crippen LogP contribution in [0.5, 0.6) is 0 Å². The van der Waals surface area contributed by atoms with Crippen molar-refractivity contribution in [3.05, 3.63) is 35.9 Å². The highest BCUT2D eigenvalue weighted by atomic mass is 16.5. The maximum atomic E-state index is 12.1. The standard InChI is InChI=1S/C15H23N3O2/c1-20-12-11-17-7-9-18(10-8-17)15(19)16-13-14-5-3-2-4-6-14/h2-6H,7-13H2,1H3,(H,16,19). The average Bonchev–Trinajstić information content (AvgIpc) is 2.52. The Balaban J connectivity index is 1.69. The molecule has 0 spiro atoms. The lowest BCUT2D eigenvalue weighted by atomic mass is 10.2. The fraction of sp³-hybridized carbons (Fsp3) is 0.533. The van der Waals surface area contributed by atoms with E-state index in [2.05, 4.69) is 10.2 Å². The molecule has 20 heavy (non-hydrogen) atoms. The molecule has 5 nitrogen and oxygen atoms in total. The van der Waals surface area contributed by atoms with Crippen molar-refractivity contribution in [1.29, 1.82) is 0 Å². The van der Waals surface area contributed by atoms with E-state index in [-0.39, 0.29) is 6.03 Å². The van der Waals surface area contributed by atoms with Gasteiger partial charge in [-0.25, -0.2) is 4.79 Å². The van der Waals surface area contributed by atoms with Gasteiger partial charge in [0.2, 0.25) is 0 Å². The Kier molecular flexibility index (Phi) is 5.83. The molecule has 2 amide bonds. The SMILES string of the molecule is COCCN1CCN(C(=O)NCc2ccccc2)CC1. The quantitative estimate of drug-likeness (QED) is 0.878. The van der Waals surface area contributed by atoms with Crippen LogP contribution in [0, 0.1) is 0 Å². The molecule has 1 heterocycles. The first-order chi connectivity index (χ1) is 9.79. The number of urea groups is 1. The molecule has 2 rings (SSSR count). The number of hydrogen-bond acceptors (Lipinski definition) is 3. The number of carbonyl (C=O) groups excluding carboxylic acids is 1. The van der Waals surface area contributed by atoms with Crippen LogP contribution in [0.4, 0.5) is 4.79 Å². The molecule has 1 aliphatic rings. The van der Waals surface area contributed by atoms with Crippen LogP contribution in [0.3, 0.4) is 0 Å². The summed E-state index contributed by atoms with van der Waals surface area (Å²) < 4.78 is 5.07. The lowest BCUT2D eigenvalue weighted by Gasteiger charge is -2.34. The van der Waals surface area contributed by atoms with Crippen LogP contribution in [0.1, 0.15) is 5.56 Å². The summed E-state index contributed by atoms with van der Waals surface area (Å²) >= 11 is 0. The Bertz CT molecular complexity index is 403. The number of methoxy groups -OCH3 is 1. The van der Waals surface area contributed by atoms with Gasteiger partial charge in [0, 0.05) is 46.4 Å². The highest BCUT2D eigenvalue weighted by Crippen LogP contribution is 2.03. The first-order valence-electron chi connectivity index (χ1n) is 7.07. The second-order valence-electron chi connectivity index (χ2n) is 4.97. The minimum atomic E-state index is 0.0280. The van der Waals surface area contributed by atoms with Crippen molar-refractivity contribution in [3.63, 3.8) is 0 Å². The lowest BCUT2D eigenvalue weighted by Crippen LogP contribution is -2.52. The van der Waals surface area contributed by atoms with E-state index < -0.39 is 0 Å². The zero-order valence-electron chi connectivity index (χ0n) is 12.0. The number of rotatable bonds is 5. The van der Waals surface area contributed by atoms with Crippen molar-refractivity contribution >= 4 is 6.03 Å². The first-order valence-corrected chi connectivity index (χ1v) is 7.07. The van der Waals surface area contributed by atoms with Gasteiger partial charge >= 0.3 is 6.03 Å². The summed E-state index contributed by atoms with van der Waals surface area (Å²) in [5, 5.41) is 2.97. The van der Waals surface area contributed by atoms with Gasteiger partial charge in [0.15, 0.2) is 0 Å². The fourth-order valence-electron chi connectivity index (χ4n) is 2.28. The number of nitrogens with one attached hydrogen (secondary N) is 1. The van der Waals surface area contributed by atoms with Crippen LogP contribution in [-0.2, 0) is 11.3 Å². The number of benzene rings is 1. The van der Waals surface area contributed by atoms with Crippen molar-refractivity contribution in [3.8, 4) is 0 Å². The van der Waals surface area contributed by atoms with E-state index in [1.54, 1.807) is 7.11 Å². The highest BCUT2D eigenvalue weighted by molar-refractivity contribution is 5.74. The van der Waals surface area contributed by atoms with Crippen LogP contribution in [0.25, 0.3) is 0 Å². The third-order valence-electron chi connectivity index (χ3n) is 3.56. The smallest absolute Gasteiger partial charge is 0.317 e. The molecule has 5 heteroatoms. The molecule has 0 aromatic heterocycles. The van der Waals surface area contributed by atoms with Crippen molar-refractivity contribution in [1.82, 2.24) is 15.1 Å². The minimum absolute atomic E-state index is 0.0280. The number of nitrogens with zero attached hydrogens (tertiary/aromatic N) is 2. The maximum absolute atomic E-state index is 12.1.